The zero-order valence-electron chi connectivity index (χ0n) is 11.9. The van der Waals surface area contributed by atoms with E-state index >= 15 is 0 Å². The Balaban J connectivity index is 2.44. The molecule has 1 aromatic heterocycles. The zero-order chi connectivity index (χ0) is 15.0. The van der Waals surface area contributed by atoms with Crippen molar-refractivity contribution in [2.45, 2.75) is 13.8 Å². The lowest BCUT2D eigenvalue weighted by Crippen LogP contribution is -2.11. The summed E-state index contributed by atoms with van der Waals surface area (Å²) in [6.45, 7) is 3.81. The summed E-state index contributed by atoms with van der Waals surface area (Å²) in [5.74, 6) is 5.32. The molecule has 2 aromatic carbocycles. The number of benzene rings is 2. The van der Waals surface area contributed by atoms with Crippen molar-refractivity contribution in [3.63, 3.8) is 0 Å². The number of nitrogens with two attached hydrogens (primary N) is 1. The fraction of sp³-hybridized carbons (Fsp3) is 0.118. The van der Waals surface area contributed by atoms with E-state index in [1.165, 1.54) is 6.07 Å². The number of pyridine rings is 1. The van der Waals surface area contributed by atoms with E-state index in [2.05, 4.69) is 10.4 Å². The number of rotatable bonds is 2. The van der Waals surface area contributed by atoms with Gasteiger partial charge in [0.2, 0.25) is 0 Å². The van der Waals surface area contributed by atoms with Crippen molar-refractivity contribution >= 4 is 16.6 Å². The van der Waals surface area contributed by atoms with Crippen molar-refractivity contribution in [1.29, 1.82) is 0 Å². The average Bonchev–Trinajstić information content (AvgIpc) is 2.51. The van der Waals surface area contributed by atoms with Crippen LogP contribution in [0.15, 0.2) is 42.5 Å². The second-order valence-corrected chi connectivity index (χ2v) is 5.06. The lowest BCUT2D eigenvalue weighted by molar-refractivity contribution is 0.639. The van der Waals surface area contributed by atoms with Crippen molar-refractivity contribution in [3.05, 3.63) is 59.4 Å². The largest absolute Gasteiger partial charge is 0.323 e. The quantitative estimate of drug-likeness (QED) is 0.552. The van der Waals surface area contributed by atoms with Crippen LogP contribution in [-0.2, 0) is 0 Å². The molecule has 0 aliphatic heterocycles. The first-order valence-corrected chi connectivity index (χ1v) is 6.75. The van der Waals surface area contributed by atoms with Gasteiger partial charge in [0.1, 0.15) is 5.82 Å². The Morgan fingerprint density at radius 1 is 1.05 bits per heavy atom. The van der Waals surface area contributed by atoms with E-state index in [0.29, 0.717) is 16.6 Å². The predicted molar refractivity (Wildman–Crippen MR) is 84.4 cm³/mol. The average molecular weight is 281 g/mol. The van der Waals surface area contributed by atoms with Crippen molar-refractivity contribution in [2.75, 3.05) is 5.43 Å². The van der Waals surface area contributed by atoms with Crippen LogP contribution in [0.3, 0.4) is 0 Å². The van der Waals surface area contributed by atoms with E-state index in [9.17, 15) is 4.39 Å². The van der Waals surface area contributed by atoms with Crippen molar-refractivity contribution in [3.8, 4) is 11.3 Å². The fourth-order valence-corrected chi connectivity index (χ4v) is 2.61. The fourth-order valence-electron chi connectivity index (χ4n) is 2.61. The smallest absolute Gasteiger partial charge is 0.134 e. The minimum absolute atomic E-state index is 0.321. The van der Waals surface area contributed by atoms with Crippen molar-refractivity contribution in [2.24, 2.45) is 5.84 Å². The molecule has 0 saturated carbocycles. The summed E-state index contributed by atoms with van der Waals surface area (Å²) in [5, 5.41) is 0.440. The molecule has 21 heavy (non-hydrogen) atoms. The first-order chi connectivity index (χ1) is 10.1. The Morgan fingerprint density at radius 3 is 2.43 bits per heavy atom. The third-order valence-corrected chi connectivity index (χ3v) is 3.72. The van der Waals surface area contributed by atoms with Gasteiger partial charge >= 0.3 is 0 Å². The topological polar surface area (TPSA) is 50.9 Å². The van der Waals surface area contributed by atoms with Gasteiger partial charge in [-0.2, -0.15) is 0 Å². The van der Waals surface area contributed by atoms with Crippen LogP contribution >= 0.6 is 0 Å². The van der Waals surface area contributed by atoms with E-state index in [4.69, 9.17) is 5.84 Å². The van der Waals surface area contributed by atoms with E-state index in [-0.39, 0.29) is 5.82 Å². The van der Waals surface area contributed by atoms with Crippen LogP contribution in [0.25, 0.3) is 22.2 Å². The lowest BCUT2D eigenvalue weighted by atomic mass is 10.00. The maximum Gasteiger partial charge on any atom is 0.134 e. The van der Waals surface area contributed by atoms with Crippen LogP contribution in [0.4, 0.5) is 10.1 Å². The summed E-state index contributed by atoms with van der Waals surface area (Å²) in [4.78, 5) is 4.68. The number of aromatic nitrogens is 1. The molecule has 0 spiro atoms. The number of anilines is 1. The van der Waals surface area contributed by atoms with E-state index < -0.39 is 0 Å². The molecule has 0 saturated heterocycles. The van der Waals surface area contributed by atoms with Crippen LogP contribution < -0.4 is 11.3 Å². The molecular formula is C17H16FN3. The highest BCUT2D eigenvalue weighted by molar-refractivity contribution is 5.98. The third-order valence-electron chi connectivity index (χ3n) is 3.72. The Kier molecular flexibility index (Phi) is 3.31. The van der Waals surface area contributed by atoms with E-state index in [1.807, 2.05) is 44.2 Å². The number of hydrazine groups is 1. The van der Waals surface area contributed by atoms with Gasteiger partial charge in [-0.1, -0.05) is 36.4 Å². The molecule has 0 atom stereocenters. The predicted octanol–water partition coefficient (Wildman–Crippen LogP) is 3.94. The summed E-state index contributed by atoms with van der Waals surface area (Å²) in [6.07, 6.45) is 0. The molecule has 3 nitrogen and oxygen atoms in total. The van der Waals surface area contributed by atoms with Gasteiger partial charge < -0.3 is 5.43 Å². The Labute approximate surface area is 122 Å². The standard InChI is InChI=1S/C17H16FN3/c1-10-8-9-13(18)14-15(10)20-16(11(2)17(14)21-19)12-6-4-3-5-7-12/h3-9H,19H2,1-2H3,(H,20,21). The Morgan fingerprint density at radius 2 is 1.76 bits per heavy atom. The second kappa shape index (κ2) is 5.14. The number of nitrogens with one attached hydrogen (secondary N) is 1. The number of hydrogen-bond acceptors (Lipinski definition) is 3. The first-order valence-electron chi connectivity index (χ1n) is 6.75. The molecule has 3 aromatic rings. The highest BCUT2D eigenvalue weighted by atomic mass is 19.1. The highest BCUT2D eigenvalue weighted by Gasteiger charge is 2.16. The molecule has 0 amide bonds. The number of hydrogen-bond donors (Lipinski definition) is 2. The molecule has 1 heterocycles. The summed E-state index contributed by atoms with van der Waals surface area (Å²) in [7, 11) is 0. The molecule has 0 bridgehead atoms. The number of halogens is 1. The molecule has 3 N–H and O–H groups in total. The molecule has 0 aliphatic rings. The minimum Gasteiger partial charge on any atom is -0.323 e. The van der Waals surface area contributed by atoms with Gasteiger partial charge in [0.05, 0.1) is 22.3 Å². The van der Waals surface area contributed by atoms with Gasteiger partial charge in [0.15, 0.2) is 0 Å². The summed E-state index contributed by atoms with van der Waals surface area (Å²) in [6, 6.07) is 13.0. The third kappa shape index (κ3) is 2.14. The normalized spacial score (nSPS) is 10.9. The Bertz CT molecular complexity index is 813. The van der Waals surface area contributed by atoms with Crippen molar-refractivity contribution < 1.29 is 4.39 Å². The number of nitrogens with zero attached hydrogens (tertiary/aromatic N) is 1. The maximum absolute atomic E-state index is 14.2. The van der Waals surface area contributed by atoms with Gasteiger partial charge in [-0.25, -0.2) is 9.37 Å². The number of fused-ring (bicyclic) bond motifs is 1. The van der Waals surface area contributed by atoms with Crippen LogP contribution in [0.5, 0.6) is 0 Å². The lowest BCUT2D eigenvalue weighted by Gasteiger charge is -2.15. The molecule has 0 aliphatic carbocycles. The molecule has 0 unspecified atom stereocenters. The number of aryl methyl sites for hydroxylation is 1. The second-order valence-electron chi connectivity index (χ2n) is 5.06. The summed E-state index contributed by atoms with van der Waals surface area (Å²) < 4.78 is 14.2. The summed E-state index contributed by atoms with van der Waals surface area (Å²) >= 11 is 0. The van der Waals surface area contributed by atoms with Crippen molar-refractivity contribution in [1.82, 2.24) is 4.98 Å². The SMILES string of the molecule is Cc1c(-c2ccccc2)nc2c(C)ccc(F)c2c1NN. The molecule has 0 radical (unpaired) electrons. The van der Waals surface area contributed by atoms with Crippen LogP contribution in [0.2, 0.25) is 0 Å². The van der Waals surface area contributed by atoms with Gasteiger partial charge in [-0.3, -0.25) is 5.84 Å². The molecule has 4 heteroatoms. The first kappa shape index (κ1) is 13.5. The van der Waals surface area contributed by atoms with Crippen LogP contribution in [-0.4, -0.2) is 4.98 Å². The molecular weight excluding hydrogens is 265 g/mol. The Hall–Kier alpha value is -2.46. The van der Waals surface area contributed by atoms with Gasteiger partial charge in [-0.05, 0) is 25.5 Å². The minimum atomic E-state index is -0.321. The monoisotopic (exact) mass is 281 g/mol. The van der Waals surface area contributed by atoms with Gasteiger partial charge in [0.25, 0.3) is 0 Å². The molecule has 3 rings (SSSR count). The zero-order valence-corrected chi connectivity index (χ0v) is 11.9. The van der Waals surface area contributed by atoms with Gasteiger partial charge in [0, 0.05) is 11.1 Å². The van der Waals surface area contributed by atoms with Gasteiger partial charge in [-0.15, -0.1) is 0 Å². The molecule has 106 valence electrons. The maximum atomic E-state index is 14.2. The van der Waals surface area contributed by atoms with Crippen LogP contribution in [0, 0.1) is 19.7 Å². The highest BCUT2D eigenvalue weighted by Crippen LogP contribution is 2.35. The van der Waals surface area contributed by atoms with Crippen LogP contribution in [0.1, 0.15) is 11.1 Å². The van der Waals surface area contributed by atoms with E-state index in [1.54, 1.807) is 6.07 Å². The van der Waals surface area contributed by atoms with E-state index in [0.717, 1.165) is 22.4 Å². The molecule has 0 fully saturated rings. The number of nitrogen functional groups attached to an aromatic ring is 1. The summed E-state index contributed by atoms with van der Waals surface area (Å²) in [5.41, 5.74) is 7.40.